The van der Waals surface area contributed by atoms with Gasteiger partial charge >= 0.3 is 11.0 Å². The Hall–Kier alpha value is -1.56. The molecular formula is C11H7F3NOS. The SMILES string of the molecule is [CH2]c1sc(=O)n(-c2ccccc2)c1C(F)(F)F. The number of para-hydroxylation sites is 1. The van der Waals surface area contributed by atoms with Crippen LogP contribution in [0.15, 0.2) is 35.1 Å². The molecule has 6 heteroatoms. The van der Waals surface area contributed by atoms with Crippen molar-refractivity contribution in [1.82, 2.24) is 4.57 Å². The molecule has 2 nitrogen and oxygen atoms in total. The van der Waals surface area contributed by atoms with Gasteiger partial charge in [-0.15, -0.1) is 0 Å². The number of alkyl halides is 3. The van der Waals surface area contributed by atoms with Gasteiger partial charge < -0.3 is 0 Å². The summed E-state index contributed by atoms with van der Waals surface area (Å²) in [4.78, 5) is 10.6. The molecule has 0 bridgehead atoms. The smallest absolute Gasteiger partial charge is 0.263 e. The van der Waals surface area contributed by atoms with Crippen LogP contribution in [-0.2, 0) is 6.18 Å². The zero-order valence-corrected chi connectivity index (χ0v) is 9.31. The number of hydrogen-bond donors (Lipinski definition) is 0. The van der Waals surface area contributed by atoms with Crippen LogP contribution in [0.3, 0.4) is 0 Å². The largest absolute Gasteiger partial charge is 0.432 e. The summed E-state index contributed by atoms with van der Waals surface area (Å²) in [6, 6.07) is 7.70. The van der Waals surface area contributed by atoms with E-state index in [1.54, 1.807) is 18.2 Å². The molecule has 1 heterocycles. The van der Waals surface area contributed by atoms with Gasteiger partial charge in [-0.05, 0) is 19.1 Å². The zero-order chi connectivity index (χ0) is 12.6. The Balaban J connectivity index is 2.75. The van der Waals surface area contributed by atoms with Gasteiger partial charge in [-0.25, -0.2) is 0 Å². The summed E-state index contributed by atoms with van der Waals surface area (Å²) in [5.74, 6) is 0. The molecule has 1 radical (unpaired) electrons. The minimum absolute atomic E-state index is 0.191. The molecule has 0 aliphatic carbocycles. The van der Waals surface area contributed by atoms with Crippen LogP contribution in [0.4, 0.5) is 13.2 Å². The van der Waals surface area contributed by atoms with Gasteiger partial charge in [0.05, 0.1) is 5.69 Å². The van der Waals surface area contributed by atoms with Crippen LogP contribution < -0.4 is 4.87 Å². The standard InChI is InChI=1S/C11H7F3NOS/c1-7-9(11(12,13)14)15(10(16)17-7)8-5-3-2-4-6-8/h2-6H,1H2. The fraction of sp³-hybridized carbons (Fsp3) is 0.0909. The predicted molar refractivity (Wildman–Crippen MR) is 59.4 cm³/mol. The average molecular weight is 258 g/mol. The maximum absolute atomic E-state index is 12.8. The third-order valence-electron chi connectivity index (χ3n) is 2.16. The average Bonchev–Trinajstić information content (AvgIpc) is 2.54. The number of hydrogen-bond acceptors (Lipinski definition) is 2. The first-order valence-corrected chi connectivity index (χ1v) is 5.43. The summed E-state index contributed by atoms with van der Waals surface area (Å²) in [5, 5.41) is 0. The molecular weight excluding hydrogens is 251 g/mol. The highest BCUT2D eigenvalue weighted by Crippen LogP contribution is 2.34. The van der Waals surface area contributed by atoms with E-state index >= 15 is 0 Å². The second-order valence-electron chi connectivity index (χ2n) is 3.31. The quantitative estimate of drug-likeness (QED) is 0.770. The van der Waals surface area contributed by atoms with E-state index in [4.69, 9.17) is 0 Å². The molecule has 0 aliphatic heterocycles. The monoisotopic (exact) mass is 258 g/mol. The highest BCUT2D eigenvalue weighted by molar-refractivity contribution is 7.09. The van der Waals surface area contributed by atoms with Crippen molar-refractivity contribution < 1.29 is 13.2 Å². The maximum atomic E-state index is 12.8. The summed E-state index contributed by atoms with van der Waals surface area (Å²) in [7, 11) is 0. The molecule has 89 valence electrons. The van der Waals surface area contributed by atoms with E-state index in [0.717, 1.165) is 0 Å². The van der Waals surface area contributed by atoms with Gasteiger partial charge in [-0.2, -0.15) is 13.2 Å². The van der Waals surface area contributed by atoms with E-state index in [1.165, 1.54) is 12.1 Å². The van der Waals surface area contributed by atoms with Gasteiger partial charge in [0.25, 0.3) is 0 Å². The molecule has 0 unspecified atom stereocenters. The summed E-state index contributed by atoms with van der Waals surface area (Å²) >= 11 is 0.494. The minimum atomic E-state index is -4.59. The van der Waals surface area contributed by atoms with E-state index < -0.39 is 16.7 Å². The van der Waals surface area contributed by atoms with Gasteiger partial charge in [0.2, 0.25) is 0 Å². The lowest BCUT2D eigenvalue weighted by Gasteiger charge is -2.11. The molecule has 17 heavy (non-hydrogen) atoms. The number of halogens is 3. The number of aromatic nitrogens is 1. The lowest BCUT2D eigenvalue weighted by atomic mass is 10.3. The van der Waals surface area contributed by atoms with Crippen molar-refractivity contribution in [3.8, 4) is 5.69 Å². The zero-order valence-electron chi connectivity index (χ0n) is 8.49. The second kappa shape index (κ2) is 4.03. The Bertz CT molecular complexity index is 583. The molecule has 1 aromatic carbocycles. The molecule has 2 rings (SSSR count). The maximum Gasteiger partial charge on any atom is 0.432 e. The Morgan fingerprint density at radius 3 is 2.29 bits per heavy atom. The van der Waals surface area contributed by atoms with Crippen LogP contribution in [0.5, 0.6) is 0 Å². The first-order valence-electron chi connectivity index (χ1n) is 4.61. The lowest BCUT2D eigenvalue weighted by molar-refractivity contribution is -0.142. The van der Waals surface area contributed by atoms with Crippen LogP contribution in [0.2, 0.25) is 0 Å². The topological polar surface area (TPSA) is 22.0 Å². The number of nitrogens with zero attached hydrogens (tertiary/aromatic N) is 1. The van der Waals surface area contributed by atoms with Crippen LogP contribution in [0.1, 0.15) is 10.6 Å². The van der Waals surface area contributed by atoms with Gasteiger partial charge in [0, 0.05) is 4.88 Å². The van der Waals surface area contributed by atoms with Crippen molar-refractivity contribution in [3.05, 3.63) is 57.5 Å². The summed E-state index contributed by atoms with van der Waals surface area (Å²) in [6.07, 6.45) is -4.59. The third kappa shape index (κ3) is 2.12. The molecule has 0 aliphatic rings. The Kier molecular flexibility index (Phi) is 2.82. The normalized spacial score (nSPS) is 11.8. The van der Waals surface area contributed by atoms with Crippen LogP contribution in [0, 0.1) is 6.92 Å². The van der Waals surface area contributed by atoms with Crippen molar-refractivity contribution in [2.75, 3.05) is 0 Å². The van der Waals surface area contributed by atoms with Crippen molar-refractivity contribution in [1.29, 1.82) is 0 Å². The van der Waals surface area contributed by atoms with Crippen LogP contribution >= 0.6 is 11.3 Å². The van der Waals surface area contributed by atoms with Crippen molar-refractivity contribution in [3.63, 3.8) is 0 Å². The fourth-order valence-electron chi connectivity index (χ4n) is 1.51. The summed E-state index contributed by atoms with van der Waals surface area (Å²) < 4.78 is 39.1. The highest BCUT2D eigenvalue weighted by Gasteiger charge is 2.38. The number of benzene rings is 1. The van der Waals surface area contributed by atoms with Gasteiger partial charge in [-0.3, -0.25) is 9.36 Å². The van der Waals surface area contributed by atoms with Crippen LogP contribution in [0.25, 0.3) is 5.69 Å². The van der Waals surface area contributed by atoms with Gasteiger partial charge in [0.1, 0.15) is 5.69 Å². The lowest BCUT2D eigenvalue weighted by Crippen LogP contribution is -2.20. The summed E-state index contributed by atoms with van der Waals surface area (Å²) in [6.45, 7) is 3.27. The minimum Gasteiger partial charge on any atom is -0.263 e. The third-order valence-corrected chi connectivity index (χ3v) is 2.96. The van der Waals surface area contributed by atoms with E-state index in [0.29, 0.717) is 15.9 Å². The van der Waals surface area contributed by atoms with Crippen molar-refractivity contribution in [2.45, 2.75) is 6.18 Å². The molecule has 0 atom stereocenters. The molecule has 1 aromatic heterocycles. The second-order valence-corrected chi connectivity index (χ2v) is 4.35. The fourth-order valence-corrected chi connectivity index (χ4v) is 2.31. The Morgan fingerprint density at radius 2 is 1.76 bits per heavy atom. The Labute approximate surface area is 98.9 Å². The highest BCUT2D eigenvalue weighted by atomic mass is 32.1. The van der Waals surface area contributed by atoms with E-state index in [-0.39, 0.29) is 10.6 Å². The van der Waals surface area contributed by atoms with Crippen LogP contribution in [-0.4, -0.2) is 4.57 Å². The van der Waals surface area contributed by atoms with Crippen molar-refractivity contribution in [2.24, 2.45) is 0 Å². The molecule has 0 fully saturated rings. The van der Waals surface area contributed by atoms with Crippen molar-refractivity contribution >= 4 is 11.3 Å². The molecule has 0 N–H and O–H groups in total. The van der Waals surface area contributed by atoms with E-state index in [9.17, 15) is 18.0 Å². The predicted octanol–water partition coefficient (Wildman–Crippen LogP) is 3.10. The molecule has 0 saturated carbocycles. The number of rotatable bonds is 1. The van der Waals surface area contributed by atoms with E-state index in [1.807, 2.05) is 0 Å². The molecule has 0 spiro atoms. The summed E-state index contributed by atoms with van der Waals surface area (Å²) in [5.41, 5.74) is -0.810. The number of thiazole rings is 1. The van der Waals surface area contributed by atoms with E-state index in [2.05, 4.69) is 6.92 Å². The Morgan fingerprint density at radius 1 is 1.18 bits per heavy atom. The molecule has 0 saturated heterocycles. The molecule has 0 amide bonds. The first kappa shape index (κ1) is 11.9. The first-order chi connectivity index (χ1) is 7.91. The van der Waals surface area contributed by atoms with Gasteiger partial charge in [0.15, 0.2) is 0 Å². The van der Waals surface area contributed by atoms with Gasteiger partial charge in [-0.1, -0.05) is 29.5 Å². The molecule has 2 aromatic rings.